The average Bonchev–Trinajstić information content (AvgIpc) is 2.84. The third-order valence-corrected chi connectivity index (χ3v) is 13.1. The molecule has 0 aliphatic rings. The van der Waals surface area contributed by atoms with Gasteiger partial charge in [-0.25, -0.2) is 3.63 Å². The van der Waals surface area contributed by atoms with Crippen LogP contribution in [0.15, 0.2) is 0 Å². The van der Waals surface area contributed by atoms with Crippen molar-refractivity contribution in [3.8, 4) is 0 Å². The lowest BCUT2D eigenvalue weighted by atomic mass is 9.91. The summed E-state index contributed by atoms with van der Waals surface area (Å²) in [6.07, 6.45) is -6.43. The predicted octanol–water partition coefficient (Wildman–Crippen LogP) is 9.38. The van der Waals surface area contributed by atoms with Crippen molar-refractivity contribution >= 4 is 26.2 Å². The van der Waals surface area contributed by atoms with E-state index in [1.165, 1.54) is 0 Å². The van der Waals surface area contributed by atoms with E-state index in [1.54, 1.807) is 6.92 Å². The van der Waals surface area contributed by atoms with Gasteiger partial charge in [-0.15, -0.1) is 10.3 Å². The Bertz CT molecular complexity index is 1120. The van der Waals surface area contributed by atoms with Crippen molar-refractivity contribution in [2.75, 3.05) is 5.75 Å². The van der Waals surface area contributed by atoms with Crippen LogP contribution in [0.25, 0.3) is 0 Å². The second-order valence-electron chi connectivity index (χ2n) is 10.4. The third kappa shape index (κ3) is 7.13. The molecule has 0 bridgehead atoms. The zero-order chi connectivity index (χ0) is 36.7. The van der Waals surface area contributed by atoms with Crippen LogP contribution in [0.1, 0.15) is 66.7 Å². The van der Waals surface area contributed by atoms with Crippen molar-refractivity contribution in [2.45, 2.75) is 124 Å². The highest BCUT2D eigenvalue weighted by Crippen LogP contribution is 2.66. The lowest BCUT2D eigenvalue weighted by molar-refractivity contribution is -0.458. The van der Waals surface area contributed by atoms with Gasteiger partial charge in [0.15, 0.2) is 0 Å². The van der Waals surface area contributed by atoms with Crippen LogP contribution in [-0.4, -0.2) is 77.4 Å². The summed E-state index contributed by atoms with van der Waals surface area (Å²) in [5.41, 5.74) is 0. The number of rotatable bonds is 18. The molecule has 23 heteroatoms. The van der Waals surface area contributed by atoms with E-state index in [0.717, 1.165) is 27.7 Å². The Hall–Kier alpha value is -1.26. The van der Waals surface area contributed by atoms with Crippen LogP contribution < -0.4 is 0 Å². The van der Waals surface area contributed by atoms with Gasteiger partial charge in [-0.2, -0.15) is 83.1 Å². The first kappa shape index (κ1) is 43.7. The highest BCUT2D eigenvalue weighted by molar-refractivity contribution is 8.34. The molecule has 0 saturated carbocycles. The molecule has 0 aliphatic carbocycles. The first-order valence-electron chi connectivity index (χ1n) is 12.5. The molecule has 45 heavy (non-hydrogen) atoms. The van der Waals surface area contributed by atoms with Gasteiger partial charge in [-0.3, -0.25) is 4.79 Å². The van der Waals surface area contributed by atoms with Crippen molar-refractivity contribution < 1.29 is 91.5 Å². The van der Waals surface area contributed by atoms with E-state index in [9.17, 15) is 87.8 Å². The Kier molecular flexibility index (Phi) is 13.0. The van der Waals surface area contributed by atoms with Crippen LogP contribution in [0.3, 0.4) is 0 Å². The van der Waals surface area contributed by atoms with Gasteiger partial charge in [-0.1, -0.05) is 53.9 Å². The van der Waals surface area contributed by atoms with E-state index >= 15 is 0 Å². The summed E-state index contributed by atoms with van der Waals surface area (Å²) in [7, 11) is -11.8. The first-order chi connectivity index (χ1) is 19.5. The maximum absolute atomic E-state index is 14.7. The van der Waals surface area contributed by atoms with Crippen LogP contribution in [-0.2, 0) is 18.5 Å². The number of unbranched alkanes of at least 4 members (excludes halogenated alkanes) is 3. The number of alkyl halides is 17. The maximum Gasteiger partial charge on any atom is 0.460 e. The summed E-state index contributed by atoms with van der Waals surface area (Å²) in [6.45, 7) is 5.71. The summed E-state index contributed by atoms with van der Waals surface area (Å²) < 4.78 is 261. The molecule has 0 amide bonds. The fourth-order valence-corrected chi connectivity index (χ4v) is 9.62. The molecule has 4 nitrogen and oxygen atoms in total. The smallest absolute Gasteiger partial charge is 0.299 e. The number of Topliss-reactive ketones (excluding diaryl/α,β-unsaturated/α-hetero) is 1. The number of carbonyl (C=O) groups excluding carboxylic acids is 1. The van der Waals surface area contributed by atoms with Gasteiger partial charge in [-0.05, 0) is 6.42 Å². The minimum atomic E-state index is -8.94. The third-order valence-electron chi connectivity index (χ3n) is 6.52. The maximum atomic E-state index is 14.7. The van der Waals surface area contributed by atoms with Gasteiger partial charge in [0.2, 0.25) is 0 Å². The van der Waals surface area contributed by atoms with E-state index in [-0.39, 0.29) is 12.8 Å². The van der Waals surface area contributed by atoms with Crippen molar-refractivity contribution in [2.24, 2.45) is 0 Å². The molecule has 0 heterocycles. The normalized spacial score (nSPS) is 16.1. The van der Waals surface area contributed by atoms with Gasteiger partial charge in [0.25, 0.3) is 0 Å². The van der Waals surface area contributed by atoms with Crippen molar-refractivity contribution in [1.29, 1.82) is 0 Å². The molecular formula is C22H29F17O4S2. The van der Waals surface area contributed by atoms with Crippen LogP contribution in [0.4, 0.5) is 74.6 Å². The quantitative estimate of drug-likeness (QED) is 0.104. The highest BCUT2D eigenvalue weighted by Gasteiger charge is 2.96. The molecule has 0 fully saturated rings. The molecule has 0 aromatic heterocycles. The SMILES string of the molecule is CCCCCCC(=O)CS(OS(=O)(=O)C(F)(F)C(F)(F)C(F)(F)C(F)(F)C(F)(F)C(F)(F)C(F)(F)C(F)(F)F)(C(C)C)C(C)C. The first-order valence-corrected chi connectivity index (χ1v) is 15.8. The van der Waals surface area contributed by atoms with E-state index in [0.29, 0.717) is 19.3 Å². The minimum absolute atomic E-state index is 0.146. The summed E-state index contributed by atoms with van der Waals surface area (Å²) in [6, 6.07) is 0. The summed E-state index contributed by atoms with van der Waals surface area (Å²) in [5, 5.41) is -10.6. The lowest BCUT2D eigenvalue weighted by Gasteiger charge is -2.46. The molecular weight excluding hydrogens is 715 g/mol. The number of hydrogen-bond donors (Lipinski definition) is 0. The molecule has 0 saturated heterocycles. The van der Waals surface area contributed by atoms with Gasteiger partial charge < -0.3 is 0 Å². The molecule has 0 N–H and O–H groups in total. The second-order valence-corrected chi connectivity index (χ2v) is 16.1. The number of ketones is 1. The predicted molar refractivity (Wildman–Crippen MR) is 127 cm³/mol. The largest absolute Gasteiger partial charge is 0.460 e. The molecule has 0 unspecified atom stereocenters. The minimum Gasteiger partial charge on any atom is -0.299 e. The summed E-state index contributed by atoms with van der Waals surface area (Å²) in [4.78, 5) is 12.5. The van der Waals surface area contributed by atoms with E-state index in [2.05, 4.69) is 3.63 Å². The highest BCUT2D eigenvalue weighted by atomic mass is 32.3. The zero-order valence-electron chi connectivity index (χ0n) is 23.8. The van der Waals surface area contributed by atoms with Crippen LogP contribution in [0, 0.1) is 0 Å². The standard InChI is InChI=1S/C22H29F17O4S2/c1-6-7-8-9-10-14(40)11-44(12(2)3,13(4)5)43-45(41,42)22(38,39)20(33,34)18(29,30)16(25,26)15(23,24)17(27,28)19(31,32)21(35,36)37/h12-13H,6-11H2,1-5H3. The summed E-state index contributed by atoms with van der Waals surface area (Å²) >= 11 is 0. The van der Waals surface area contributed by atoms with Crippen LogP contribution in [0.5, 0.6) is 0 Å². The fourth-order valence-electron chi connectivity index (χ4n) is 3.65. The Morgan fingerprint density at radius 2 is 0.933 bits per heavy atom. The topological polar surface area (TPSA) is 60.4 Å². The van der Waals surface area contributed by atoms with Crippen LogP contribution >= 0.6 is 10.3 Å². The molecule has 0 atom stereocenters. The molecule has 0 aliphatic heterocycles. The van der Waals surface area contributed by atoms with Gasteiger partial charge in [0.1, 0.15) is 5.78 Å². The Balaban J connectivity index is 7.04. The molecule has 272 valence electrons. The molecule has 0 rings (SSSR count). The van der Waals surface area contributed by atoms with E-state index < -0.39 is 89.4 Å². The fraction of sp³-hybridized carbons (Fsp3) is 0.955. The monoisotopic (exact) mass is 744 g/mol. The average molecular weight is 745 g/mol. The Labute approximate surface area is 248 Å². The Morgan fingerprint density at radius 1 is 0.578 bits per heavy atom. The van der Waals surface area contributed by atoms with Crippen LogP contribution in [0.2, 0.25) is 0 Å². The zero-order valence-corrected chi connectivity index (χ0v) is 25.4. The van der Waals surface area contributed by atoms with E-state index in [1.807, 2.05) is 0 Å². The molecule has 0 aromatic rings. The second kappa shape index (κ2) is 13.3. The lowest BCUT2D eigenvalue weighted by Crippen LogP contribution is -2.75. The number of halogens is 17. The summed E-state index contributed by atoms with van der Waals surface area (Å²) in [5.74, 6) is -54.2. The van der Waals surface area contributed by atoms with Gasteiger partial charge in [0.05, 0.1) is 5.75 Å². The van der Waals surface area contributed by atoms with Crippen molar-refractivity contribution in [3.63, 3.8) is 0 Å². The van der Waals surface area contributed by atoms with Crippen molar-refractivity contribution in [3.05, 3.63) is 0 Å². The Morgan fingerprint density at radius 3 is 1.27 bits per heavy atom. The molecule has 0 radical (unpaired) electrons. The van der Waals surface area contributed by atoms with E-state index in [4.69, 9.17) is 0 Å². The molecule has 0 aromatic carbocycles. The van der Waals surface area contributed by atoms with Gasteiger partial charge in [0, 0.05) is 16.9 Å². The van der Waals surface area contributed by atoms with Crippen molar-refractivity contribution in [1.82, 2.24) is 0 Å². The molecule has 0 spiro atoms. The number of carbonyl (C=O) groups is 1. The van der Waals surface area contributed by atoms with Gasteiger partial charge >= 0.3 is 57.1 Å². The number of hydrogen-bond acceptors (Lipinski definition) is 4.